The van der Waals surface area contributed by atoms with E-state index in [9.17, 15) is 19.7 Å². The zero-order valence-electron chi connectivity index (χ0n) is 14.3. The maximum atomic E-state index is 12.7. The molecule has 136 valence electrons. The fraction of sp³-hybridized carbons (Fsp3) is 0.529. The van der Waals surface area contributed by atoms with E-state index in [-0.39, 0.29) is 28.1 Å². The van der Waals surface area contributed by atoms with E-state index < -0.39 is 16.9 Å². The number of non-ortho nitro benzene ring substituents is 1. The molecule has 8 heteroatoms. The molecule has 0 unspecified atom stereocenters. The Balaban J connectivity index is 2.14. The van der Waals surface area contributed by atoms with Crippen molar-refractivity contribution in [2.45, 2.75) is 39.2 Å². The van der Waals surface area contributed by atoms with Crippen LogP contribution in [0.4, 0.5) is 5.69 Å². The highest BCUT2D eigenvalue weighted by atomic mass is 35.5. The number of piperidine rings is 1. The summed E-state index contributed by atoms with van der Waals surface area (Å²) >= 11 is 6.00. The average molecular weight is 368 g/mol. The number of halogens is 1. The second-order valence-corrected chi connectivity index (χ2v) is 6.91. The number of likely N-dealkylation sites (tertiary alicyclic amines) is 1. The number of amides is 2. The fourth-order valence-corrected chi connectivity index (χ4v) is 3.11. The number of nitrogens with zero attached hydrogens (tertiary/aromatic N) is 2. The zero-order chi connectivity index (χ0) is 18.6. The number of nitrogens with one attached hydrogen (secondary N) is 1. The van der Waals surface area contributed by atoms with Crippen molar-refractivity contribution in [1.82, 2.24) is 10.2 Å². The van der Waals surface area contributed by atoms with Crippen molar-refractivity contribution in [3.63, 3.8) is 0 Å². The third-order valence-corrected chi connectivity index (χ3v) is 4.61. The molecule has 0 bridgehead atoms. The van der Waals surface area contributed by atoms with E-state index in [2.05, 4.69) is 5.32 Å². The van der Waals surface area contributed by atoms with Crippen LogP contribution in [0.3, 0.4) is 0 Å². The van der Waals surface area contributed by atoms with Crippen molar-refractivity contribution in [3.8, 4) is 0 Å². The molecule has 7 nitrogen and oxygen atoms in total. The summed E-state index contributed by atoms with van der Waals surface area (Å²) in [6.45, 7) is 5.14. The molecule has 1 heterocycles. The number of nitro benzene ring substituents is 1. The topological polar surface area (TPSA) is 92.5 Å². The molecule has 1 saturated heterocycles. The third-order valence-electron chi connectivity index (χ3n) is 4.30. The van der Waals surface area contributed by atoms with Gasteiger partial charge in [-0.2, -0.15) is 0 Å². The molecule has 1 aliphatic rings. The molecule has 25 heavy (non-hydrogen) atoms. The van der Waals surface area contributed by atoms with Crippen molar-refractivity contribution in [2.24, 2.45) is 5.92 Å². The number of carbonyl (C=O) groups excluding carboxylic acids is 2. The van der Waals surface area contributed by atoms with Crippen LogP contribution in [0.25, 0.3) is 0 Å². The van der Waals surface area contributed by atoms with Crippen molar-refractivity contribution >= 4 is 29.1 Å². The van der Waals surface area contributed by atoms with E-state index in [1.54, 1.807) is 4.90 Å². The van der Waals surface area contributed by atoms with E-state index >= 15 is 0 Å². The van der Waals surface area contributed by atoms with Crippen molar-refractivity contribution in [3.05, 3.63) is 38.9 Å². The molecule has 0 spiro atoms. The molecule has 1 atom stereocenters. The SMILES string of the molecule is CC(C)[C@@H](NC(=O)c1ccc([N+](=O)[O-])cc1Cl)C(=O)N1CCCCC1. The molecule has 1 fully saturated rings. The van der Waals surface area contributed by atoms with Crippen molar-refractivity contribution in [1.29, 1.82) is 0 Å². The summed E-state index contributed by atoms with van der Waals surface area (Å²) < 4.78 is 0. The van der Waals surface area contributed by atoms with Crippen LogP contribution in [0.5, 0.6) is 0 Å². The Hall–Kier alpha value is -2.15. The lowest BCUT2D eigenvalue weighted by Crippen LogP contribution is -2.52. The predicted molar refractivity (Wildman–Crippen MR) is 94.6 cm³/mol. The molecule has 0 radical (unpaired) electrons. The zero-order valence-corrected chi connectivity index (χ0v) is 15.1. The second kappa shape index (κ2) is 8.29. The minimum absolute atomic E-state index is 0.0142. The first kappa shape index (κ1) is 19.2. The summed E-state index contributed by atoms with van der Waals surface area (Å²) in [6.07, 6.45) is 3.05. The summed E-state index contributed by atoms with van der Waals surface area (Å²) in [6, 6.07) is 3.00. The molecule has 1 aromatic carbocycles. The Morgan fingerprint density at radius 2 is 1.88 bits per heavy atom. The largest absolute Gasteiger partial charge is 0.341 e. The Bertz CT molecular complexity index is 672. The van der Waals surface area contributed by atoms with E-state index in [0.717, 1.165) is 25.3 Å². The average Bonchev–Trinajstić information content (AvgIpc) is 2.59. The Kier molecular flexibility index (Phi) is 6.36. The van der Waals surface area contributed by atoms with Crippen molar-refractivity contribution < 1.29 is 14.5 Å². The Labute approximate surface area is 151 Å². The van der Waals surface area contributed by atoms with Gasteiger partial charge in [-0.15, -0.1) is 0 Å². The molecular weight excluding hydrogens is 346 g/mol. The molecule has 0 saturated carbocycles. The highest BCUT2D eigenvalue weighted by Crippen LogP contribution is 2.23. The number of carbonyl (C=O) groups is 2. The van der Waals surface area contributed by atoms with Crippen LogP contribution in [0.1, 0.15) is 43.5 Å². The predicted octanol–water partition coefficient (Wildman–Crippen LogP) is 3.02. The molecule has 1 aliphatic heterocycles. The minimum atomic E-state index is -0.656. The summed E-state index contributed by atoms with van der Waals surface area (Å²) in [4.78, 5) is 37.2. The van der Waals surface area contributed by atoms with Crippen LogP contribution >= 0.6 is 11.6 Å². The number of nitro groups is 1. The quantitative estimate of drug-likeness (QED) is 0.639. The Morgan fingerprint density at radius 1 is 1.24 bits per heavy atom. The fourth-order valence-electron chi connectivity index (χ4n) is 2.85. The third kappa shape index (κ3) is 4.69. The van der Waals surface area contributed by atoms with Crippen LogP contribution in [-0.4, -0.2) is 40.8 Å². The van der Waals surface area contributed by atoms with Gasteiger partial charge in [-0.3, -0.25) is 19.7 Å². The molecule has 2 rings (SSSR count). The maximum Gasteiger partial charge on any atom is 0.270 e. The molecular formula is C17H22ClN3O4. The van der Waals surface area contributed by atoms with Gasteiger partial charge >= 0.3 is 0 Å². The lowest BCUT2D eigenvalue weighted by Gasteiger charge is -2.32. The van der Waals surface area contributed by atoms with Gasteiger partial charge in [0.05, 0.1) is 15.5 Å². The van der Waals surface area contributed by atoms with E-state index in [0.29, 0.717) is 13.1 Å². The van der Waals surface area contributed by atoms with Crippen LogP contribution in [-0.2, 0) is 4.79 Å². The number of rotatable bonds is 5. The molecule has 2 amide bonds. The lowest BCUT2D eigenvalue weighted by molar-refractivity contribution is -0.384. The first-order chi connectivity index (χ1) is 11.8. The molecule has 0 aromatic heterocycles. The number of benzene rings is 1. The normalized spacial score (nSPS) is 15.8. The van der Waals surface area contributed by atoms with Gasteiger partial charge in [0.15, 0.2) is 0 Å². The van der Waals surface area contributed by atoms with Crippen molar-refractivity contribution in [2.75, 3.05) is 13.1 Å². The standard InChI is InChI=1S/C17H22ClN3O4/c1-11(2)15(17(23)20-8-4-3-5-9-20)19-16(22)13-7-6-12(21(24)25)10-14(13)18/h6-7,10-11,15H,3-5,8-9H2,1-2H3,(H,19,22)/t15-/m1/s1. The smallest absolute Gasteiger partial charge is 0.270 e. The van der Waals surface area contributed by atoms with Gasteiger partial charge in [-0.25, -0.2) is 0 Å². The van der Waals surface area contributed by atoms with Gasteiger partial charge < -0.3 is 10.2 Å². The molecule has 1 N–H and O–H groups in total. The van der Waals surface area contributed by atoms with E-state index in [1.807, 2.05) is 13.8 Å². The van der Waals surface area contributed by atoms with E-state index in [1.165, 1.54) is 12.1 Å². The number of hydrogen-bond acceptors (Lipinski definition) is 4. The van der Waals surface area contributed by atoms with Crippen LogP contribution in [0.15, 0.2) is 18.2 Å². The summed E-state index contributed by atoms with van der Waals surface area (Å²) in [5, 5.41) is 13.5. The first-order valence-electron chi connectivity index (χ1n) is 8.35. The Morgan fingerprint density at radius 3 is 2.40 bits per heavy atom. The first-order valence-corrected chi connectivity index (χ1v) is 8.72. The molecule has 1 aromatic rings. The lowest BCUT2D eigenvalue weighted by atomic mass is 10.0. The van der Waals surface area contributed by atoms with Gasteiger partial charge in [-0.1, -0.05) is 25.4 Å². The monoisotopic (exact) mass is 367 g/mol. The highest BCUT2D eigenvalue weighted by Gasteiger charge is 2.30. The van der Waals surface area contributed by atoms with Crippen LogP contribution < -0.4 is 5.32 Å². The van der Waals surface area contributed by atoms with Gasteiger partial charge in [0.1, 0.15) is 6.04 Å². The van der Waals surface area contributed by atoms with Crippen LogP contribution in [0, 0.1) is 16.0 Å². The maximum absolute atomic E-state index is 12.7. The van der Waals surface area contributed by atoms with Gasteiger partial charge in [0.2, 0.25) is 5.91 Å². The summed E-state index contributed by atoms with van der Waals surface area (Å²) in [5.74, 6) is -0.694. The summed E-state index contributed by atoms with van der Waals surface area (Å²) in [7, 11) is 0. The van der Waals surface area contributed by atoms with Crippen LogP contribution in [0.2, 0.25) is 5.02 Å². The second-order valence-electron chi connectivity index (χ2n) is 6.50. The molecule has 0 aliphatic carbocycles. The van der Waals surface area contributed by atoms with Gasteiger partial charge in [0, 0.05) is 25.2 Å². The van der Waals surface area contributed by atoms with Gasteiger partial charge in [0.25, 0.3) is 11.6 Å². The van der Waals surface area contributed by atoms with E-state index in [4.69, 9.17) is 11.6 Å². The number of hydrogen-bond donors (Lipinski definition) is 1. The minimum Gasteiger partial charge on any atom is -0.341 e. The summed E-state index contributed by atoms with van der Waals surface area (Å²) in [5.41, 5.74) is -0.0734. The van der Waals surface area contributed by atoms with Gasteiger partial charge in [-0.05, 0) is 31.2 Å². The highest BCUT2D eigenvalue weighted by molar-refractivity contribution is 6.34.